The van der Waals surface area contributed by atoms with Crippen molar-refractivity contribution in [3.8, 4) is 0 Å². The Balaban J connectivity index is 4.05. The largest absolute Gasteiger partial charge is 0.300 e. The summed E-state index contributed by atoms with van der Waals surface area (Å²) in [4.78, 5) is 2.37. The molecule has 0 amide bonds. The molecule has 0 heterocycles. The molecule has 0 aromatic heterocycles. The van der Waals surface area contributed by atoms with Crippen LogP contribution in [0.1, 0.15) is 34.6 Å². The Kier molecular flexibility index (Phi) is 5.23. The minimum Gasteiger partial charge on any atom is -0.300 e. The molecule has 0 aliphatic rings. The second-order valence-corrected chi connectivity index (χ2v) is 4.03. The molecule has 0 aliphatic carbocycles. The van der Waals surface area contributed by atoms with Crippen LogP contribution in [0.15, 0.2) is 11.6 Å². The van der Waals surface area contributed by atoms with Gasteiger partial charge in [0.15, 0.2) is 0 Å². The van der Waals surface area contributed by atoms with Crippen molar-refractivity contribution in [3.05, 3.63) is 11.6 Å². The number of hydrogen-bond donors (Lipinski definition) is 0. The summed E-state index contributed by atoms with van der Waals surface area (Å²) in [7, 11) is 2.18. The van der Waals surface area contributed by atoms with E-state index in [0.29, 0.717) is 12.0 Å². The van der Waals surface area contributed by atoms with E-state index in [1.165, 1.54) is 5.57 Å². The van der Waals surface area contributed by atoms with Gasteiger partial charge in [-0.1, -0.05) is 25.5 Å². The van der Waals surface area contributed by atoms with E-state index in [2.05, 4.69) is 52.6 Å². The van der Waals surface area contributed by atoms with Crippen molar-refractivity contribution >= 4 is 0 Å². The van der Waals surface area contributed by atoms with E-state index in [-0.39, 0.29) is 0 Å². The van der Waals surface area contributed by atoms with Crippen molar-refractivity contribution < 1.29 is 0 Å². The van der Waals surface area contributed by atoms with Crippen LogP contribution < -0.4 is 0 Å². The standard InChI is InChI=1S/C11H23N/c1-7-11(9(2)3)8-12(6)10(4)5/h7,9-10H,8H2,1-6H3/b11-7+. The Morgan fingerprint density at radius 3 is 2.00 bits per heavy atom. The molecule has 0 unspecified atom stereocenters. The monoisotopic (exact) mass is 169 g/mol. The third kappa shape index (κ3) is 3.91. The SMILES string of the molecule is C/C=C(\CN(C)C(C)C)C(C)C. The summed E-state index contributed by atoms with van der Waals surface area (Å²) in [5.74, 6) is 0.677. The average Bonchev–Trinajstić information content (AvgIpc) is 1.98. The van der Waals surface area contributed by atoms with Gasteiger partial charge < -0.3 is 4.90 Å². The van der Waals surface area contributed by atoms with Gasteiger partial charge in [-0.2, -0.15) is 0 Å². The smallest absolute Gasteiger partial charge is 0.0194 e. The Bertz CT molecular complexity index is 145. The van der Waals surface area contributed by atoms with E-state index in [9.17, 15) is 0 Å². The summed E-state index contributed by atoms with van der Waals surface area (Å²) in [5.41, 5.74) is 1.53. The minimum absolute atomic E-state index is 0.638. The first-order chi connectivity index (χ1) is 5.49. The molecule has 0 saturated heterocycles. The van der Waals surface area contributed by atoms with Gasteiger partial charge in [0.2, 0.25) is 0 Å². The summed E-state index contributed by atoms with van der Waals surface area (Å²) in [5, 5.41) is 0. The predicted molar refractivity (Wildman–Crippen MR) is 56.4 cm³/mol. The summed E-state index contributed by atoms with van der Waals surface area (Å²) in [6, 6.07) is 0.638. The topological polar surface area (TPSA) is 3.24 Å². The Morgan fingerprint density at radius 1 is 1.25 bits per heavy atom. The van der Waals surface area contributed by atoms with Crippen LogP contribution in [-0.2, 0) is 0 Å². The maximum Gasteiger partial charge on any atom is 0.0194 e. The molecule has 0 rings (SSSR count). The molecular formula is C11H23N. The lowest BCUT2D eigenvalue weighted by molar-refractivity contribution is 0.289. The van der Waals surface area contributed by atoms with Crippen molar-refractivity contribution in [1.29, 1.82) is 0 Å². The summed E-state index contributed by atoms with van der Waals surface area (Å²) >= 11 is 0. The van der Waals surface area contributed by atoms with Crippen LogP contribution in [0.5, 0.6) is 0 Å². The molecule has 0 fully saturated rings. The Labute approximate surface area is 77.5 Å². The van der Waals surface area contributed by atoms with Crippen molar-refractivity contribution in [2.45, 2.75) is 40.7 Å². The fourth-order valence-corrected chi connectivity index (χ4v) is 1.08. The van der Waals surface area contributed by atoms with E-state index in [1.807, 2.05) is 0 Å². The first kappa shape index (κ1) is 11.7. The number of allylic oxidation sites excluding steroid dienone is 1. The molecule has 0 radical (unpaired) electrons. The normalized spacial score (nSPS) is 13.6. The molecule has 12 heavy (non-hydrogen) atoms. The molecule has 0 N–H and O–H groups in total. The summed E-state index contributed by atoms with van der Waals surface area (Å²) in [6.45, 7) is 12.2. The lowest BCUT2D eigenvalue weighted by Crippen LogP contribution is -2.29. The minimum atomic E-state index is 0.638. The summed E-state index contributed by atoms with van der Waals surface area (Å²) in [6.07, 6.45) is 2.24. The van der Waals surface area contributed by atoms with Crippen LogP contribution >= 0.6 is 0 Å². The zero-order chi connectivity index (χ0) is 9.72. The number of rotatable bonds is 4. The highest BCUT2D eigenvalue weighted by Crippen LogP contribution is 2.11. The fourth-order valence-electron chi connectivity index (χ4n) is 1.08. The molecule has 1 nitrogen and oxygen atoms in total. The molecule has 0 bridgehead atoms. The van der Waals surface area contributed by atoms with Gasteiger partial charge >= 0.3 is 0 Å². The zero-order valence-electron chi connectivity index (χ0n) is 9.39. The summed E-state index contributed by atoms with van der Waals surface area (Å²) < 4.78 is 0. The lowest BCUT2D eigenvalue weighted by Gasteiger charge is -2.24. The first-order valence-corrected chi connectivity index (χ1v) is 4.84. The molecule has 0 saturated carbocycles. The van der Waals surface area contributed by atoms with Gasteiger partial charge in [-0.25, -0.2) is 0 Å². The van der Waals surface area contributed by atoms with E-state index in [4.69, 9.17) is 0 Å². The highest BCUT2D eigenvalue weighted by atomic mass is 15.1. The van der Waals surface area contributed by atoms with Gasteiger partial charge in [-0.05, 0) is 33.7 Å². The number of nitrogens with zero attached hydrogens (tertiary/aromatic N) is 1. The highest BCUT2D eigenvalue weighted by Gasteiger charge is 2.07. The quantitative estimate of drug-likeness (QED) is 0.585. The second-order valence-electron chi connectivity index (χ2n) is 4.03. The molecule has 0 aromatic rings. The van der Waals surface area contributed by atoms with Crippen LogP contribution in [0, 0.1) is 5.92 Å². The zero-order valence-corrected chi connectivity index (χ0v) is 9.39. The Hall–Kier alpha value is -0.300. The molecule has 0 atom stereocenters. The Morgan fingerprint density at radius 2 is 1.75 bits per heavy atom. The fraction of sp³-hybridized carbons (Fsp3) is 0.818. The van der Waals surface area contributed by atoms with Gasteiger partial charge in [-0.3, -0.25) is 0 Å². The van der Waals surface area contributed by atoms with Crippen LogP contribution in [0.25, 0.3) is 0 Å². The van der Waals surface area contributed by atoms with E-state index in [1.54, 1.807) is 0 Å². The molecule has 72 valence electrons. The van der Waals surface area contributed by atoms with Crippen molar-refractivity contribution in [2.24, 2.45) is 5.92 Å². The lowest BCUT2D eigenvalue weighted by atomic mass is 10.0. The number of likely N-dealkylation sites (N-methyl/N-ethyl adjacent to an activating group) is 1. The average molecular weight is 169 g/mol. The highest BCUT2D eigenvalue weighted by molar-refractivity contribution is 5.05. The van der Waals surface area contributed by atoms with Crippen LogP contribution in [-0.4, -0.2) is 24.5 Å². The number of hydrogen-bond acceptors (Lipinski definition) is 1. The maximum absolute atomic E-state index is 2.37. The van der Waals surface area contributed by atoms with Crippen molar-refractivity contribution in [3.63, 3.8) is 0 Å². The third-order valence-electron chi connectivity index (χ3n) is 2.43. The predicted octanol–water partition coefficient (Wildman–Crippen LogP) is 2.93. The van der Waals surface area contributed by atoms with E-state index >= 15 is 0 Å². The van der Waals surface area contributed by atoms with E-state index < -0.39 is 0 Å². The van der Waals surface area contributed by atoms with Crippen molar-refractivity contribution in [1.82, 2.24) is 4.90 Å². The van der Waals surface area contributed by atoms with Gasteiger partial charge in [0.1, 0.15) is 0 Å². The molecule has 0 aliphatic heterocycles. The van der Waals surface area contributed by atoms with Crippen LogP contribution in [0.2, 0.25) is 0 Å². The molecule has 1 heteroatoms. The van der Waals surface area contributed by atoms with Crippen LogP contribution in [0.3, 0.4) is 0 Å². The van der Waals surface area contributed by atoms with Gasteiger partial charge in [0, 0.05) is 12.6 Å². The van der Waals surface area contributed by atoms with Crippen molar-refractivity contribution in [2.75, 3.05) is 13.6 Å². The van der Waals surface area contributed by atoms with Crippen LogP contribution in [0.4, 0.5) is 0 Å². The van der Waals surface area contributed by atoms with Gasteiger partial charge in [0.25, 0.3) is 0 Å². The molecule has 0 aromatic carbocycles. The molecular weight excluding hydrogens is 146 g/mol. The van der Waals surface area contributed by atoms with E-state index in [0.717, 1.165) is 6.54 Å². The third-order valence-corrected chi connectivity index (χ3v) is 2.43. The molecule has 0 spiro atoms. The van der Waals surface area contributed by atoms with Gasteiger partial charge in [-0.15, -0.1) is 0 Å². The van der Waals surface area contributed by atoms with Gasteiger partial charge in [0.05, 0.1) is 0 Å². The maximum atomic E-state index is 2.37. The first-order valence-electron chi connectivity index (χ1n) is 4.84. The second kappa shape index (κ2) is 5.36.